The van der Waals surface area contributed by atoms with Crippen LogP contribution in [0.1, 0.15) is 62.3 Å². The Morgan fingerprint density at radius 3 is 1.67 bits per heavy atom. The lowest BCUT2D eigenvalue weighted by atomic mass is 10.2. The molecule has 0 unspecified atom stereocenters. The molecule has 0 rings (SSSR count). The molecule has 0 fully saturated rings. The van der Waals surface area contributed by atoms with Gasteiger partial charge in [0.05, 0.1) is 17.7 Å². The zero-order chi connectivity index (χ0) is 21.5. The molecule has 10 heteroatoms. The van der Waals surface area contributed by atoms with Gasteiger partial charge in [-0.3, -0.25) is 14.3 Å². The third-order valence-corrected chi connectivity index (χ3v) is 4.05. The Morgan fingerprint density at radius 2 is 1.33 bits per heavy atom. The van der Waals surface area contributed by atoms with Gasteiger partial charge in [-0.1, -0.05) is 15.9 Å². The van der Waals surface area contributed by atoms with E-state index >= 15 is 0 Å². The molecule has 0 aromatic heterocycles. The molecule has 0 spiro atoms. The zero-order valence-electron chi connectivity index (χ0n) is 18.0. The van der Waals surface area contributed by atoms with Crippen molar-refractivity contribution in [1.29, 1.82) is 0 Å². The maximum atomic E-state index is 13.2. The largest absolute Gasteiger partial charge is 0.459 e. The first-order valence-corrected chi connectivity index (χ1v) is 11.6. The average Bonchev–Trinajstić information content (AvgIpc) is 2.40. The van der Waals surface area contributed by atoms with Crippen molar-refractivity contribution >= 4 is 29.5 Å². The van der Waals surface area contributed by atoms with Crippen molar-refractivity contribution in [3.8, 4) is 0 Å². The summed E-state index contributed by atoms with van der Waals surface area (Å²) in [7, 11) is -3.85. The first kappa shape index (κ1) is 27.0. The summed E-state index contributed by atoms with van der Waals surface area (Å²) in [6.07, 6.45) is -0.204. The highest BCUT2D eigenvalue weighted by molar-refractivity contribution is 9.09. The monoisotopic (exact) mass is 475 g/mol. The number of rotatable bonds is 10. The summed E-state index contributed by atoms with van der Waals surface area (Å²) in [5, 5.41) is 0.552. The fourth-order valence-electron chi connectivity index (χ4n) is 1.52. The third-order valence-electron chi connectivity index (χ3n) is 2.35. The normalized spacial score (nSPS) is 13.9. The molecule has 27 heavy (non-hydrogen) atoms. The van der Waals surface area contributed by atoms with E-state index in [0.29, 0.717) is 11.9 Å². The van der Waals surface area contributed by atoms with Crippen molar-refractivity contribution in [2.75, 3.05) is 24.7 Å². The molecule has 8 nitrogen and oxygen atoms in total. The lowest BCUT2D eigenvalue weighted by Gasteiger charge is -2.29. The first-order chi connectivity index (χ1) is 11.9. The Labute approximate surface area is 171 Å². The molecule has 0 aliphatic carbocycles. The smallest absolute Gasteiger partial charge is 0.398 e. The zero-order valence-corrected chi connectivity index (χ0v) is 20.4. The van der Waals surface area contributed by atoms with E-state index in [1.54, 1.807) is 67.2 Å². The third kappa shape index (κ3) is 15.6. The molecule has 0 heterocycles. The summed E-state index contributed by atoms with van der Waals surface area (Å²) < 4.78 is 28.8. The number of alkyl halides is 1. The number of halogens is 1. The highest BCUT2D eigenvalue weighted by atomic mass is 79.9. The molecule has 0 aliphatic rings. The predicted molar refractivity (Wildman–Crippen MR) is 108 cm³/mol. The van der Waals surface area contributed by atoms with Gasteiger partial charge in [0.1, 0.15) is 11.9 Å². The number of nitrogens with zero attached hydrogens (tertiary/aromatic N) is 1. The molecule has 0 aromatic rings. The molecule has 0 aromatic carbocycles. The second-order valence-electron chi connectivity index (χ2n) is 9.12. The van der Waals surface area contributed by atoms with Crippen LogP contribution < -0.4 is 0 Å². The van der Waals surface area contributed by atoms with Crippen LogP contribution in [0, 0.1) is 0 Å². The van der Waals surface area contributed by atoms with Gasteiger partial charge in [-0.15, -0.1) is 9.35 Å². The molecule has 0 bridgehead atoms. The van der Waals surface area contributed by atoms with Crippen LogP contribution in [0.5, 0.6) is 0 Å². The van der Waals surface area contributed by atoms with Crippen LogP contribution in [0.25, 0.3) is 0 Å². The maximum absolute atomic E-state index is 13.2. The molecule has 0 N–H and O–H groups in total. The van der Waals surface area contributed by atoms with Gasteiger partial charge >= 0.3 is 13.6 Å². The summed E-state index contributed by atoms with van der Waals surface area (Å²) in [4.78, 5) is 24.2. The Balaban J connectivity index is 5.22. The minimum absolute atomic E-state index is 0.0788. The molecule has 0 amide bonds. The van der Waals surface area contributed by atoms with E-state index < -0.39 is 30.4 Å². The van der Waals surface area contributed by atoms with E-state index in [0.717, 1.165) is 0 Å². The quantitative estimate of drug-likeness (QED) is 0.148. The van der Waals surface area contributed by atoms with Crippen LogP contribution in [0.4, 0.5) is 0 Å². The molecule has 0 aliphatic heterocycles. The van der Waals surface area contributed by atoms with Crippen molar-refractivity contribution in [3.05, 3.63) is 0 Å². The minimum atomic E-state index is -3.85. The minimum Gasteiger partial charge on any atom is -0.459 e. The first-order valence-electron chi connectivity index (χ1n) is 8.79. The van der Waals surface area contributed by atoms with Gasteiger partial charge in [-0.25, -0.2) is 9.78 Å². The van der Waals surface area contributed by atoms with E-state index in [4.69, 9.17) is 23.9 Å². The second-order valence-corrected chi connectivity index (χ2v) is 11.7. The number of ether oxygens (including phenoxy) is 1. The van der Waals surface area contributed by atoms with E-state index in [2.05, 4.69) is 15.9 Å². The van der Waals surface area contributed by atoms with Gasteiger partial charge in [0, 0.05) is 11.9 Å². The topological polar surface area (TPSA) is 83.5 Å². The molecule has 0 saturated carbocycles. The fourth-order valence-corrected chi connectivity index (χ4v) is 3.54. The number of hydrogen-bond acceptors (Lipinski definition) is 8. The number of hydrogen-bond donors (Lipinski definition) is 0. The summed E-state index contributed by atoms with van der Waals surface area (Å²) in [6.45, 7) is 16.2. The molecule has 0 atom stereocenters. The van der Waals surface area contributed by atoms with Crippen molar-refractivity contribution in [2.45, 2.75) is 79.1 Å². The lowest BCUT2D eigenvalue weighted by Crippen LogP contribution is -2.37. The van der Waals surface area contributed by atoms with E-state index in [1.807, 2.05) is 0 Å². The van der Waals surface area contributed by atoms with Crippen LogP contribution in [-0.4, -0.2) is 52.4 Å². The van der Waals surface area contributed by atoms with Crippen LogP contribution in [0.2, 0.25) is 0 Å². The van der Waals surface area contributed by atoms with Crippen molar-refractivity contribution < 1.29 is 33.2 Å². The molecular weight excluding hydrogens is 441 g/mol. The lowest BCUT2D eigenvalue weighted by molar-refractivity contribution is -0.327. The van der Waals surface area contributed by atoms with Gasteiger partial charge in [-0.2, -0.15) is 0 Å². The van der Waals surface area contributed by atoms with E-state index in [1.165, 1.54) is 0 Å². The highest BCUT2D eigenvalue weighted by Crippen LogP contribution is 2.50. The maximum Gasteiger partial charge on any atom is 0.398 e. The Morgan fingerprint density at radius 1 is 0.889 bits per heavy atom. The SMILES string of the molecule is CC(C)(C)OOP(=O)(CN(CCBr)CC(=O)OC(C)(C)C)OOC(C)(C)C. The van der Waals surface area contributed by atoms with Crippen LogP contribution in [0.3, 0.4) is 0 Å². The van der Waals surface area contributed by atoms with Crippen LogP contribution in [-0.2, 0) is 33.2 Å². The standard InChI is InChI=1S/C17H35BrNO7P/c1-15(2,3)22-14(20)12-19(11-10-18)13-27(21,25-23-16(4,5)6)26-24-17(7,8)9/h10-13H2,1-9H3. The van der Waals surface area contributed by atoms with Crippen molar-refractivity contribution in [3.63, 3.8) is 0 Å². The molecule has 162 valence electrons. The summed E-state index contributed by atoms with van der Waals surface area (Å²) in [5.41, 5.74) is -2.02. The Bertz CT molecular complexity index is 487. The predicted octanol–water partition coefficient (Wildman–Crippen LogP) is 4.67. The van der Waals surface area contributed by atoms with Crippen molar-refractivity contribution in [1.82, 2.24) is 4.90 Å². The summed E-state index contributed by atoms with van der Waals surface area (Å²) in [6, 6.07) is 0. The number of esters is 1. The summed E-state index contributed by atoms with van der Waals surface area (Å²) >= 11 is 3.32. The Kier molecular flexibility index (Phi) is 10.7. The number of carbonyl (C=O) groups excluding carboxylic acids is 1. The van der Waals surface area contributed by atoms with Gasteiger partial charge in [-0.05, 0) is 62.3 Å². The average molecular weight is 476 g/mol. The van der Waals surface area contributed by atoms with Crippen LogP contribution in [0.15, 0.2) is 0 Å². The van der Waals surface area contributed by atoms with E-state index in [9.17, 15) is 9.36 Å². The number of carbonyl (C=O) groups is 1. The van der Waals surface area contributed by atoms with Crippen molar-refractivity contribution in [2.24, 2.45) is 0 Å². The van der Waals surface area contributed by atoms with Gasteiger partial charge in [0.15, 0.2) is 0 Å². The summed E-state index contributed by atoms with van der Waals surface area (Å²) in [5.74, 6) is -0.441. The van der Waals surface area contributed by atoms with Gasteiger partial charge in [0.25, 0.3) is 0 Å². The van der Waals surface area contributed by atoms with Gasteiger partial charge < -0.3 is 4.74 Å². The highest BCUT2D eigenvalue weighted by Gasteiger charge is 2.35. The molecule has 0 radical (unpaired) electrons. The molecule has 0 saturated heterocycles. The van der Waals surface area contributed by atoms with E-state index in [-0.39, 0.29) is 12.8 Å². The van der Waals surface area contributed by atoms with Crippen LogP contribution >= 0.6 is 23.5 Å². The van der Waals surface area contributed by atoms with Gasteiger partial charge in [0.2, 0.25) is 0 Å². The second kappa shape index (κ2) is 10.7. The Hall–Kier alpha value is -0.0200. The molecular formula is C17H35BrNO7P. The fraction of sp³-hybridized carbons (Fsp3) is 0.941.